The molecule has 0 spiro atoms. The molecule has 0 amide bonds. The number of aromatic nitrogens is 3. The Balaban J connectivity index is 1.66. The number of nitrogens with one attached hydrogen (secondary N) is 1. The maximum Gasteiger partial charge on any atom is 0.138 e. The number of aryl methyl sites for hydroxylation is 1. The van der Waals surface area contributed by atoms with Crippen molar-refractivity contribution in [3.05, 3.63) is 12.2 Å². The van der Waals surface area contributed by atoms with Crippen LogP contribution in [-0.2, 0) is 13.0 Å². The molecule has 4 heteroatoms. The fraction of sp³-hybridized carbons (Fsp3) is 0.882. The summed E-state index contributed by atoms with van der Waals surface area (Å²) in [5.41, 5.74) is 0.432. The first-order valence-electron chi connectivity index (χ1n) is 8.69. The van der Waals surface area contributed by atoms with Gasteiger partial charge in [-0.15, -0.1) is 0 Å². The van der Waals surface area contributed by atoms with Gasteiger partial charge < -0.3 is 5.32 Å². The highest BCUT2D eigenvalue weighted by Crippen LogP contribution is 2.60. The van der Waals surface area contributed by atoms with E-state index >= 15 is 0 Å². The van der Waals surface area contributed by atoms with Crippen molar-refractivity contribution in [1.82, 2.24) is 20.1 Å². The lowest BCUT2D eigenvalue weighted by Crippen LogP contribution is -2.37. The normalized spacial score (nSPS) is 30.9. The van der Waals surface area contributed by atoms with Gasteiger partial charge in [-0.2, -0.15) is 5.10 Å². The second-order valence-corrected chi connectivity index (χ2v) is 7.77. The van der Waals surface area contributed by atoms with Crippen LogP contribution in [0.15, 0.2) is 6.33 Å². The Morgan fingerprint density at radius 3 is 2.81 bits per heavy atom. The molecule has 3 rings (SSSR count). The highest BCUT2D eigenvalue weighted by atomic mass is 15.3. The van der Waals surface area contributed by atoms with Crippen LogP contribution in [0.5, 0.6) is 0 Å². The number of hydrogen-bond donors (Lipinski definition) is 1. The zero-order chi connectivity index (χ0) is 14.9. The van der Waals surface area contributed by atoms with E-state index in [1.54, 1.807) is 6.33 Å². The minimum absolute atomic E-state index is 0.432. The largest absolute Gasteiger partial charge is 0.316 e. The van der Waals surface area contributed by atoms with Crippen molar-refractivity contribution in [3.63, 3.8) is 0 Å². The quantitative estimate of drug-likeness (QED) is 0.800. The predicted molar refractivity (Wildman–Crippen MR) is 85.0 cm³/mol. The molecule has 4 nitrogen and oxygen atoms in total. The van der Waals surface area contributed by atoms with E-state index in [0.717, 1.165) is 50.2 Å². The molecular formula is C17H30N4. The summed E-state index contributed by atoms with van der Waals surface area (Å²) < 4.78 is 2.12. The van der Waals surface area contributed by atoms with E-state index in [9.17, 15) is 0 Å². The summed E-state index contributed by atoms with van der Waals surface area (Å²) in [4.78, 5) is 4.55. The highest BCUT2D eigenvalue weighted by Gasteiger charge is 2.53. The average Bonchev–Trinajstić information content (AvgIpc) is 2.82. The van der Waals surface area contributed by atoms with E-state index in [0.29, 0.717) is 5.41 Å². The third-order valence-corrected chi connectivity index (χ3v) is 5.18. The van der Waals surface area contributed by atoms with E-state index < -0.39 is 0 Å². The van der Waals surface area contributed by atoms with E-state index in [1.165, 1.54) is 25.1 Å². The Kier molecular flexibility index (Phi) is 4.34. The predicted octanol–water partition coefficient (Wildman–Crippen LogP) is 2.89. The van der Waals surface area contributed by atoms with E-state index in [4.69, 9.17) is 0 Å². The molecule has 2 aliphatic rings. The molecule has 1 N–H and O–H groups in total. The molecule has 1 aromatic rings. The fourth-order valence-corrected chi connectivity index (χ4v) is 4.14. The Hall–Kier alpha value is -0.900. The van der Waals surface area contributed by atoms with Crippen molar-refractivity contribution in [2.45, 2.75) is 59.4 Å². The summed E-state index contributed by atoms with van der Waals surface area (Å²) in [5, 5.41) is 8.12. The van der Waals surface area contributed by atoms with Crippen LogP contribution < -0.4 is 5.32 Å². The lowest BCUT2D eigenvalue weighted by Gasteiger charge is -2.31. The molecule has 2 saturated carbocycles. The standard InChI is InChI=1S/C17H30N4/c1-4-5-21-16(19-12-20-21)9-17(11-18-10-13(2)3)7-14-6-15(14)8-17/h12-15,18H,4-11H2,1-3H3. The molecule has 1 heterocycles. The number of fused-ring (bicyclic) bond motifs is 1. The van der Waals surface area contributed by atoms with Crippen LogP contribution in [0.25, 0.3) is 0 Å². The minimum Gasteiger partial charge on any atom is -0.316 e. The average molecular weight is 290 g/mol. The van der Waals surface area contributed by atoms with Crippen LogP contribution in [0.1, 0.15) is 52.3 Å². The van der Waals surface area contributed by atoms with Gasteiger partial charge in [-0.1, -0.05) is 20.8 Å². The molecule has 2 aliphatic carbocycles. The molecule has 2 unspecified atom stereocenters. The molecule has 1 aromatic heterocycles. The van der Waals surface area contributed by atoms with Gasteiger partial charge in [-0.05, 0) is 55.4 Å². The minimum atomic E-state index is 0.432. The molecular weight excluding hydrogens is 260 g/mol. The van der Waals surface area contributed by atoms with Crippen LogP contribution in [0, 0.1) is 23.2 Å². The summed E-state index contributed by atoms with van der Waals surface area (Å²) in [6.07, 6.45) is 8.22. The molecule has 0 aromatic carbocycles. The molecule has 118 valence electrons. The highest BCUT2D eigenvalue weighted by molar-refractivity contribution is 5.08. The van der Waals surface area contributed by atoms with Gasteiger partial charge >= 0.3 is 0 Å². The van der Waals surface area contributed by atoms with Gasteiger partial charge in [0.05, 0.1) is 0 Å². The first-order chi connectivity index (χ1) is 10.1. The topological polar surface area (TPSA) is 42.7 Å². The lowest BCUT2D eigenvalue weighted by atomic mass is 9.79. The smallest absolute Gasteiger partial charge is 0.138 e. The second kappa shape index (κ2) is 6.07. The number of nitrogens with zero attached hydrogens (tertiary/aromatic N) is 3. The SMILES string of the molecule is CCCn1ncnc1CC1(CNCC(C)C)CC2CC2C1. The van der Waals surface area contributed by atoms with Crippen LogP contribution in [0.2, 0.25) is 0 Å². The fourth-order valence-electron chi connectivity index (χ4n) is 4.14. The van der Waals surface area contributed by atoms with Crippen molar-refractivity contribution < 1.29 is 0 Å². The molecule has 2 atom stereocenters. The van der Waals surface area contributed by atoms with Gasteiger partial charge in [0.25, 0.3) is 0 Å². The third-order valence-electron chi connectivity index (χ3n) is 5.18. The van der Waals surface area contributed by atoms with Crippen molar-refractivity contribution in [2.75, 3.05) is 13.1 Å². The molecule has 0 bridgehead atoms. The first-order valence-corrected chi connectivity index (χ1v) is 8.69. The van der Waals surface area contributed by atoms with Crippen LogP contribution in [0.3, 0.4) is 0 Å². The van der Waals surface area contributed by atoms with Crippen molar-refractivity contribution in [1.29, 1.82) is 0 Å². The molecule has 0 aliphatic heterocycles. The van der Waals surface area contributed by atoms with Crippen molar-refractivity contribution >= 4 is 0 Å². The lowest BCUT2D eigenvalue weighted by molar-refractivity contribution is 0.236. The number of rotatable bonds is 8. The molecule has 0 radical (unpaired) electrons. The van der Waals surface area contributed by atoms with Crippen LogP contribution in [-0.4, -0.2) is 27.9 Å². The summed E-state index contributed by atoms with van der Waals surface area (Å²) in [6, 6.07) is 0. The van der Waals surface area contributed by atoms with Crippen molar-refractivity contribution in [2.24, 2.45) is 23.2 Å². The molecule has 21 heavy (non-hydrogen) atoms. The van der Waals surface area contributed by atoms with Gasteiger partial charge in [0, 0.05) is 19.5 Å². The third kappa shape index (κ3) is 3.47. The Morgan fingerprint density at radius 1 is 1.38 bits per heavy atom. The maximum absolute atomic E-state index is 4.55. The maximum atomic E-state index is 4.55. The Bertz CT molecular complexity index is 455. The van der Waals surface area contributed by atoms with Gasteiger partial charge in [0.15, 0.2) is 0 Å². The number of hydrogen-bond acceptors (Lipinski definition) is 3. The van der Waals surface area contributed by atoms with Gasteiger partial charge in [-0.3, -0.25) is 4.68 Å². The van der Waals surface area contributed by atoms with Gasteiger partial charge in [-0.25, -0.2) is 4.98 Å². The first kappa shape index (κ1) is 15.0. The van der Waals surface area contributed by atoms with E-state index in [-0.39, 0.29) is 0 Å². The summed E-state index contributed by atoms with van der Waals surface area (Å²) >= 11 is 0. The van der Waals surface area contributed by atoms with Crippen LogP contribution in [0.4, 0.5) is 0 Å². The van der Waals surface area contributed by atoms with Gasteiger partial charge in [0.2, 0.25) is 0 Å². The van der Waals surface area contributed by atoms with E-state index in [2.05, 4.69) is 40.9 Å². The van der Waals surface area contributed by atoms with Crippen molar-refractivity contribution in [3.8, 4) is 0 Å². The zero-order valence-corrected chi connectivity index (χ0v) is 13.8. The Morgan fingerprint density at radius 2 is 2.14 bits per heavy atom. The molecule has 2 fully saturated rings. The Labute approximate surface area is 128 Å². The second-order valence-electron chi connectivity index (χ2n) is 7.77. The zero-order valence-electron chi connectivity index (χ0n) is 13.8. The molecule has 0 saturated heterocycles. The summed E-state index contributed by atoms with van der Waals surface area (Å²) in [7, 11) is 0. The van der Waals surface area contributed by atoms with Gasteiger partial charge in [0.1, 0.15) is 12.2 Å². The monoisotopic (exact) mass is 290 g/mol. The van der Waals surface area contributed by atoms with Crippen LogP contribution >= 0.6 is 0 Å². The summed E-state index contributed by atoms with van der Waals surface area (Å²) in [5.74, 6) is 3.94. The summed E-state index contributed by atoms with van der Waals surface area (Å²) in [6.45, 7) is 10.0. The van der Waals surface area contributed by atoms with E-state index in [1.807, 2.05) is 0 Å².